The monoisotopic (exact) mass is 339 g/mol. The third kappa shape index (κ3) is 3.70. The average Bonchev–Trinajstić information content (AvgIpc) is 2.93. The molecule has 1 aliphatic carbocycles. The Morgan fingerprint density at radius 2 is 2.04 bits per heavy atom. The molecule has 0 aromatic heterocycles. The molecule has 0 unspecified atom stereocenters. The Labute approximate surface area is 138 Å². The Morgan fingerprint density at radius 3 is 2.74 bits per heavy atom. The summed E-state index contributed by atoms with van der Waals surface area (Å²) in [6, 6.07) is 7.52. The van der Waals surface area contributed by atoms with Crippen molar-refractivity contribution in [2.75, 3.05) is 12.9 Å². The summed E-state index contributed by atoms with van der Waals surface area (Å²) in [6.07, 6.45) is 4.64. The van der Waals surface area contributed by atoms with E-state index in [1.54, 1.807) is 6.92 Å². The zero-order chi connectivity index (χ0) is 16.5. The molecule has 1 N–H and O–H groups in total. The molecule has 128 valence electrons. The maximum Gasteiger partial charge on any atom is 0.214 e. The molecule has 6 heteroatoms. The average molecular weight is 339 g/mol. The lowest BCUT2D eigenvalue weighted by Crippen LogP contribution is -2.44. The fraction of sp³-hybridized carbons (Fsp3) is 0.647. The van der Waals surface area contributed by atoms with Crippen molar-refractivity contribution in [1.82, 2.24) is 4.72 Å². The number of sulfonamides is 1. The van der Waals surface area contributed by atoms with E-state index >= 15 is 0 Å². The molecular formula is C17H25NO4S. The Kier molecular flexibility index (Phi) is 4.67. The molecule has 0 bridgehead atoms. The van der Waals surface area contributed by atoms with Crippen LogP contribution in [0.25, 0.3) is 0 Å². The van der Waals surface area contributed by atoms with Gasteiger partial charge in [0.15, 0.2) is 0 Å². The highest BCUT2D eigenvalue weighted by Crippen LogP contribution is 2.47. The fourth-order valence-corrected chi connectivity index (χ4v) is 5.18. The van der Waals surface area contributed by atoms with E-state index in [0.29, 0.717) is 6.42 Å². The normalized spacial score (nSPS) is 24.2. The van der Waals surface area contributed by atoms with Crippen molar-refractivity contribution in [3.05, 3.63) is 29.8 Å². The first-order chi connectivity index (χ1) is 10.9. The number of nitrogens with one attached hydrogen (secondary N) is 1. The highest BCUT2D eigenvalue weighted by molar-refractivity contribution is 7.89. The van der Waals surface area contributed by atoms with Gasteiger partial charge < -0.3 is 9.47 Å². The molecule has 1 aliphatic heterocycles. The van der Waals surface area contributed by atoms with Gasteiger partial charge in [0.25, 0.3) is 0 Å². The van der Waals surface area contributed by atoms with Gasteiger partial charge in [-0.15, -0.1) is 0 Å². The summed E-state index contributed by atoms with van der Waals surface area (Å²) >= 11 is 0. The lowest BCUT2D eigenvalue weighted by atomic mass is 9.86. The van der Waals surface area contributed by atoms with Crippen LogP contribution in [-0.4, -0.2) is 33.0 Å². The summed E-state index contributed by atoms with van der Waals surface area (Å²) in [7, 11) is -1.89. The molecule has 1 heterocycles. The number of ether oxygens (including phenoxy) is 2. The van der Waals surface area contributed by atoms with E-state index in [1.165, 1.54) is 7.11 Å². The van der Waals surface area contributed by atoms with Gasteiger partial charge in [-0.25, -0.2) is 13.1 Å². The fourth-order valence-electron chi connectivity index (χ4n) is 3.69. The number of benzene rings is 1. The van der Waals surface area contributed by atoms with Gasteiger partial charge in [-0.3, -0.25) is 0 Å². The molecule has 1 aromatic carbocycles. The van der Waals surface area contributed by atoms with E-state index in [4.69, 9.17) is 9.47 Å². The van der Waals surface area contributed by atoms with Crippen LogP contribution >= 0.6 is 0 Å². The summed E-state index contributed by atoms with van der Waals surface area (Å²) in [5.41, 5.74) is 0.715. The van der Waals surface area contributed by atoms with Gasteiger partial charge in [0, 0.05) is 19.1 Å². The minimum atomic E-state index is -3.41. The van der Waals surface area contributed by atoms with Gasteiger partial charge in [-0.1, -0.05) is 18.2 Å². The molecule has 23 heavy (non-hydrogen) atoms. The first kappa shape index (κ1) is 16.7. The second-order valence-corrected chi connectivity index (χ2v) is 8.53. The second-order valence-electron chi connectivity index (χ2n) is 6.73. The maximum atomic E-state index is 12.4. The zero-order valence-electron chi connectivity index (χ0n) is 13.7. The van der Waals surface area contributed by atoms with Crippen molar-refractivity contribution < 1.29 is 17.9 Å². The van der Waals surface area contributed by atoms with Crippen molar-refractivity contribution in [1.29, 1.82) is 0 Å². The number of hydrogen-bond donors (Lipinski definition) is 1. The molecule has 0 saturated heterocycles. The maximum absolute atomic E-state index is 12.4. The minimum absolute atomic E-state index is 0.0317. The Bertz CT molecular complexity index is 652. The second kappa shape index (κ2) is 6.42. The van der Waals surface area contributed by atoms with E-state index in [1.807, 2.05) is 24.3 Å². The molecule has 1 aromatic rings. The third-order valence-corrected chi connectivity index (χ3v) is 6.44. The van der Waals surface area contributed by atoms with E-state index in [9.17, 15) is 8.42 Å². The molecule has 1 saturated carbocycles. The van der Waals surface area contributed by atoms with Gasteiger partial charge in [-0.2, -0.15) is 0 Å². The number of para-hydroxylation sites is 1. The first-order valence-electron chi connectivity index (χ1n) is 8.24. The van der Waals surface area contributed by atoms with Crippen molar-refractivity contribution in [3.8, 4) is 5.75 Å². The minimum Gasteiger partial charge on any atom is -0.487 e. The quantitative estimate of drug-likeness (QED) is 0.896. The molecule has 1 spiro atoms. The van der Waals surface area contributed by atoms with E-state index in [2.05, 4.69) is 4.72 Å². The van der Waals surface area contributed by atoms with Crippen LogP contribution in [0.4, 0.5) is 0 Å². The summed E-state index contributed by atoms with van der Waals surface area (Å²) in [5, 5.41) is 0. The number of fused-ring (bicyclic) bond motifs is 1. The molecule has 1 fully saturated rings. The van der Waals surface area contributed by atoms with Crippen molar-refractivity contribution >= 4 is 10.0 Å². The Hall–Kier alpha value is -1.11. The van der Waals surface area contributed by atoms with Crippen molar-refractivity contribution in [2.45, 2.75) is 56.8 Å². The molecule has 0 radical (unpaired) electrons. The predicted molar refractivity (Wildman–Crippen MR) is 89.0 cm³/mol. The zero-order valence-corrected chi connectivity index (χ0v) is 14.6. The number of rotatable bonds is 5. The topological polar surface area (TPSA) is 64.6 Å². The van der Waals surface area contributed by atoms with E-state index in [-0.39, 0.29) is 23.5 Å². The summed E-state index contributed by atoms with van der Waals surface area (Å²) in [4.78, 5) is 0. The van der Waals surface area contributed by atoms with E-state index < -0.39 is 10.0 Å². The highest BCUT2D eigenvalue weighted by Gasteiger charge is 2.43. The smallest absolute Gasteiger partial charge is 0.214 e. The Balaban J connectivity index is 1.85. The van der Waals surface area contributed by atoms with Crippen LogP contribution in [0.1, 0.15) is 50.6 Å². The van der Waals surface area contributed by atoms with Crippen LogP contribution in [0.2, 0.25) is 0 Å². The van der Waals surface area contributed by atoms with Gasteiger partial charge in [0.2, 0.25) is 10.0 Å². The van der Waals surface area contributed by atoms with Crippen molar-refractivity contribution in [3.63, 3.8) is 0 Å². The first-order valence-corrected chi connectivity index (χ1v) is 9.89. The van der Waals surface area contributed by atoms with Gasteiger partial charge in [0.1, 0.15) is 11.4 Å². The Morgan fingerprint density at radius 1 is 1.35 bits per heavy atom. The molecular weight excluding hydrogens is 314 g/mol. The van der Waals surface area contributed by atoms with Crippen LogP contribution < -0.4 is 9.46 Å². The van der Waals surface area contributed by atoms with Crippen LogP contribution in [0.15, 0.2) is 24.3 Å². The third-order valence-electron chi connectivity index (χ3n) is 4.89. The molecule has 2 aliphatic rings. The van der Waals surface area contributed by atoms with Crippen LogP contribution in [0, 0.1) is 0 Å². The van der Waals surface area contributed by atoms with Crippen LogP contribution in [0.3, 0.4) is 0 Å². The van der Waals surface area contributed by atoms with Crippen LogP contribution in [-0.2, 0) is 14.8 Å². The highest BCUT2D eigenvalue weighted by atomic mass is 32.2. The molecule has 2 atom stereocenters. The predicted octanol–water partition coefficient (Wildman–Crippen LogP) is 2.78. The lowest BCUT2D eigenvalue weighted by Gasteiger charge is -2.40. The largest absolute Gasteiger partial charge is 0.487 e. The summed E-state index contributed by atoms with van der Waals surface area (Å²) in [5.74, 6) is 0.781. The molecule has 0 amide bonds. The molecule has 5 nitrogen and oxygen atoms in total. The van der Waals surface area contributed by atoms with Gasteiger partial charge in [-0.05, 0) is 38.7 Å². The molecule has 3 rings (SSSR count). The van der Waals surface area contributed by atoms with E-state index in [0.717, 1.165) is 37.0 Å². The van der Waals surface area contributed by atoms with Gasteiger partial charge in [0.05, 0.1) is 17.9 Å². The van der Waals surface area contributed by atoms with Gasteiger partial charge >= 0.3 is 0 Å². The lowest BCUT2D eigenvalue weighted by molar-refractivity contribution is 0.0402. The SMILES string of the molecule is CO[C@@H](C)CS(=O)(=O)N[C@@H]1CC2(CCCC2)Oc2ccccc21. The number of methoxy groups -OCH3 is 1. The standard InChI is InChI=1S/C17H25NO4S/c1-13(21-2)12-23(19,20)18-15-11-17(9-5-6-10-17)22-16-8-4-3-7-14(15)16/h3-4,7-8,13,15,18H,5-6,9-12H2,1-2H3/t13-,15+/m0/s1. The van der Waals surface area contributed by atoms with Crippen LogP contribution in [0.5, 0.6) is 5.75 Å². The van der Waals surface area contributed by atoms with Crippen molar-refractivity contribution in [2.24, 2.45) is 0 Å². The number of hydrogen-bond acceptors (Lipinski definition) is 4. The summed E-state index contributed by atoms with van der Waals surface area (Å²) < 4.78 is 39.1. The summed E-state index contributed by atoms with van der Waals surface area (Å²) in [6.45, 7) is 1.76.